The lowest BCUT2D eigenvalue weighted by molar-refractivity contribution is 0.0350. The SMILES string of the molecule is COC1CCN(C(=O)c2cc(Cl)ccc2Br)CC1. The zero-order valence-corrected chi connectivity index (χ0v) is 12.5. The first kappa shape index (κ1) is 13.8. The number of carbonyl (C=O) groups is 1. The van der Waals surface area contributed by atoms with Gasteiger partial charge in [0.2, 0.25) is 0 Å². The van der Waals surface area contributed by atoms with Crippen LogP contribution in [0.4, 0.5) is 0 Å². The minimum absolute atomic E-state index is 0.0268. The van der Waals surface area contributed by atoms with E-state index in [0.29, 0.717) is 10.6 Å². The van der Waals surface area contributed by atoms with Gasteiger partial charge in [-0.15, -0.1) is 0 Å². The molecule has 18 heavy (non-hydrogen) atoms. The van der Waals surface area contributed by atoms with Gasteiger partial charge in [0.25, 0.3) is 5.91 Å². The van der Waals surface area contributed by atoms with Crippen LogP contribution < -0.4 is 0 Å². The first-order chi connectivity index (χ1) is 8.61. The van der Waals surface area contributed by atoms with Crippen LogP contribution in [0, 0.1) is 0 Å². The van der Waals surface area contributed by atoms with Crippen LogP contribution in [0.2, 0.25) is 5.02 Å². The molecule has 0 aromatic heterocycles. The van der Waals surface area contributed by atoms with Gasteiger partial charge in [-0.3, -0.25) is 4.79 Å². The van der Waals surface area contributed by atoms with Gasteiger partial charge in [-0.25, -0.2) is 0 Å². The van der Waals surface area contributed by atoms with Crippen LogP contribution in [-0.2, 0) is 4.74 Å². The first-order valence-electron chi connectivity index (χ1n) is 5.89. The molecule has 5 heteroatoms. The molecule has 0 N–H and O–H groups in total. The molecule has 1 aromatic rings. The Morgan fingerprint density at radius 2 is 2.11 bits per heavy atom. The lowest BCUT2D eigenvalue weighted by atomic mass is 10.1. The third kappa shape index (κ3) is 3.05. The fourth-order valence-corrected chi connectivity index (χ4v) is 2.71. The predicted octanol–water partition coefficient (Wildman–Crippen LogP) is 3.35. The van der Waals surface area contributed by atoms with Crippen LogP contribution in [0.15, 0.2) is 22.7 Å². The minimum atomic E-state index is 0.0268. The summed E-state index contributed by atoms with van der Waals surface area (Å²) >= 11 is 9.33. The smallest absolute Gasteiger partial charge is 0.255 e. The van der Waals surface area contributed by atoms with Crippen molar-refractivity contribution in [3.05, 3.63) is 33.3 Å². The molecule has 0 saturated carbocycles. The average Bonchev–Trinajstić information content (AvgIpc) is 2.41. The number of carbonyl (C=O) groups excluding carboxylic acids is 1. The van der Waals surface area contributed by atoms with Gasteiger partial charge >= 0.3 is 0 Å². The number of benzene rings is 1. The topological polar surface area (TPSA) is 29.5 Å². The summed E-state index contributed by atoms with van der Waals surface area (Å²) in [4.78, 5) is 14.2. The molecule has 0 unspecified atom stereocenters. The number of likely N-dealkylation sites (tertiary alicyclic amines) is 1. The normalized spacial score (nSPS) is 16.9. The Bertz CT molecular complexity index is 445. The average molecular weight is 333 g/mol. The van der Waals surface area contributed by atoms with Crippen molar-refractivity contribution in [3.63, 3.8) is 0 Å². The highest BCUT2D eigenvalue weighted by Crippen LogP contribution is 2.24. The molecule has 1 saturated heterocycles. The van der Waals surface area contributed by atoms with E-state index in [4.69, 9.17) is 16.3 Å². The highest BCUT2D eigenvalue weighted by atomic mass is 79.9. The largest absolute Gasteiger partial charge is 0.381 e. The Kier molecular flexibility index (Phi) is 4.65. The molecule has 1 amide bonds. The maximum Gasteiger partial charge on any atom is 0.255 e. The molecule has 1 fully saturated rings. The molecule has 0 bridgehead atoms. The summed E-state index contributed by atoms with van der Waals surface area (Å²) in [6.45, 7) is 1.46. The highest BCUT2D eigenvalue weighted by molar-refractivity contribution is 9.10. The summed E-state index contributed by atoms with van der Waals surface area (Å²) in [6, 6.07) is 5.27. The molecule has 0 spiro atoms. The Labute approximate surface area is 120 Å². The number of nitrogens with zero attached hydrogens (tertiary/aromatic N) is 1. The minimum Gasteiger partial charge on any atom is -0.381 e. The van der Waals surface area contributed by atoms with E-state index in [1.165, 1.54) is 0 Å². The van der Waals surface area contributed by atoms with Crippen molar-refractivity contribution >= 4 is 33.4 Å². The standard InChI is InChI=1S/C13H15BrClNO2/c1-18-10-4-6-16(7-5-10)13(17)11-8-9(15)2-3-12(11)14/h2-3,8,10H,4-7H2,1H3. The maximum absolute atomic E-state index is 12.4. The van der Waals surface area contributed by atoms with Gasteiger partial charge in [-0.05, 0) is 47.0 Å². The molecule has 2 rings (SSSR count). The van der Waals surface area contributed by atoms with Gasteiger partial charge in [-0.2, -0.15) is 0 Å². The number of rotatable bonds is 2. The van der Waals surface area contributed by atoms with Crippen molar-refractivity contribution in [2.45, 2.75) is 18.9 Å². The summed E-state index contributed by atoms with van der Waals surface area (Å²) in [5, 5.41) is 0.577. The maximum atomic E-state index is 12.4. The van der Waals surface area contributed by atoms with Gasteiger partial charge < -0.3 is 9.64 Å². The summed E-state index contributed by atoms with van der Waals surface area (Å²) in [6.07, 6.45) is 2.05. The van der Waals surface area contributed by atoms with E-state index < -0.39 is 0 Å². The summed E-state index contributed by atoms with van der Waals surface area (Å²) in [5.74, 6) is 0.0268. The molecule has 3 nitrogen and oxygen atoms in total. The molecule has 0 atom stereocenters. The van der Waals surface area contributed by atoms with Crippen molar-refractivity contribution in [2.24, 2.45) is 0 Å². The Hall–Kier alpha value is -0.580. The quantitative estimate of drug-likeness (QED) is 0.831. The monoisotopic (exact) mass is 331 g/mol. The number of hydrogen-bond acceptors (Lipinski definition) is 2. The first-order valence-corrected chi connectivity index (χ1v) is 7.06. The fourth-order valence-electron chi connectivity index (χ4n) is 2.13. The molecule has 0 aliphatic carbocycles. The third-order valence-corrected chi connectivity index (χ3v) is 4.15. The Balaban J connectivity index is 2.10. The lowest BCUT2D eigenvalue weighted by Gasteiger charge is -2.31. The van der Waals surface area contributed by atoms with Crippen molar-refractivity contribution in [1.82, 2.24) is 4.90 Å². The molecule has 0 radical (unpaired) electrons. The van der Waals surface area contributed by atoms with Crippen LogP contribution in [0.25, 0.3) is 0 Å². The van der Waals surface area contributed by atoms with E-state index >= 15 is 0 Å². The molecule has 98 valence electrons. The Morgan fingerprint density at radius 3 is 2.72 bits per heavy atom. The van der Waals surface area contributed by atoms with Crippen LogP contribution in [-0.4, -0.2) is 37.1 Å². The number of ether oxygens (including phenoxy) is 1. The summed E-state index contributed by atoms with van der Waals surface area (Å²) in [7, 11) is 1.72. The molecule has 1 aliphatic rings. The van der Waals surface area contributed by atoms with Gasteiger partial charge in [0.1, 0.15) is 0 Å². The lowest BCUT2D eigenvalue weighted by Crippen LogP contribution is -2.40. The molecule has 1 heterocycles. The second kappa shape index (κ2) is 6.04. The number of piperidine rings is 1. The van der Waals surface area contributed by atoms with E-state index in [0.717, 1.165) is 30.4 Å². The molecule has 1 aliphatic heterocycles. The van der Waals surface area contributed by atoms with Gasteiger partial charge in [0.15, 0.2) is 0 Å². The zero-order chi connectivity index (χ0) is 13.1. The number of hydrogen-bond donors (Lipinski definition) is 0. The number of methoxy groups -OCH3 is 1. The zero-order valence-electron chi connectivity index (χ0n) is 10.2. The van der Waals surface area contributed by atoms with E-state index in [-0.39, 0.29) is 12.0 Å². The van der Waals surface area contributed by atoms with Crippen molar-refractivity contribution in [2.75, 3.05) is 20.2 Å². The summed E-state index contributed by atoms with van der Waals surface area (Å²) in [5.41, 5.74) is 0.623. The van der Waals surface area contributed by atoms with Crippen molar-refractivity contribution in [1.29, 1.82) is 0 Å². The third-order valence-electron chi connectivity index (χ3n) is 3.22. The van der Waals surface area contributed by atoms with Crippen molar-refractivity contribution in [3.8, 4) is 0 Å². The summed E-state index contributed by atoms with van der Waals surface area (Å²) < 4.78 is 6.08. The molecule has 1 aromatic carbocycles. The van der Waals surface area contributed by atoms with E-state index in [9.17, 15) is 4.79 Å². The van der Waals surface area contributed by atoms with E-state index in [2.05, 4.69) is 15.9 Å². The van der Waals surface area contributed by atoms with E-state index in [1.54, 1.807) is 25.3 Å². The second-order valence-electron chi connectivity index (χ2n) is 4.35. The number of halogens is 2. The number of amides is 1. The van der Waals surface area contributed by atoms with Crippen LogP contribution in [0.3, 0.4) is 0 Å². The highest BCUT2D eigenvalue weighted by Gasteiger charge is 2.24. The van der Waals surface area contributed by atoms with E-state index in [1.807, 2.05) is 4.90 Å². The van der Waals surface area contributed by atoms with Crippen LogP contribution in [0.1, 0.15) is 23.2 Å². The second-order valence-corrected chi connectivity index (χ2v) is 5.64. The van der Waals surface area contributed by atoms with Gasteiger partial charge in [0.05, 0.1) is 11.7 Å². The molecular formula is C13H15BrClNO2. The van der Waals surface area contributed by atoms with Gasteiger partial charge in [-0.1, -0.05) is 11.6 Å². The predicted molar refractivity (Wildman–Crippen MR) is 75.1 cm³/mol. The van der Waals surface area contributed by atoms with Crippen molar-refractivity contribution < 1.29 is 9.53 Å². The Morgan fingerprint density at radius 1 is 1.44 bits per heavy atom. The van der Waals surface area contributed by atoms with Crippen LogP contribution in [0.5, 0.6) is 0 Å². The van der Waals surface area contributed by atoms with Crippen LogP contribution >= 0.6 is 27.5 Å². The fraction of sp³-hybridized carbons (Fsp3) is 0.462. The van der Waals surface area contributed by atoms with Gasteiger partial charge in [0, 0.05) is 29.7 Å². The molecular weight excluding hydrogens is 318 g/mol.